The highest BCUT2D eigenvalue weighted by molar-refractivity contribution is 5.87. The Labute approximate surface area is 204 Å². The van der Waals surface area contributed by atoms with Crippen LogP contribution in [0.1, 0.15) is 60.8 Å². The number of para-hydroxylation sites is 1. The fraction of sp³-hybridized carbons (Fsp3) is 0.433. The van der Waals surface area contributed by atoms with Crippen molar-refractivity contribution in [1.82, 2.24) is 4.57 Å². The molecule has 1 heterocycles. The quantitative estimate of drug-likeness (QED) is 0.216. The molecule has 182 valence electrons. The van der Waals surface area contributed by atoms with Gasteiger partial charge in [-0.1, -0.05) is 38.6 Å². The van der Waals surface area contributed by atoms with E-state index in [0.717, 1.165) is 18.7 Å². The van der Waals surface area contributed by atoms with Crippen molar-refractivity contribution >= 4 is 16.9 Å². The van der Waals surface area contributed by atoms with Crippen molar-refractivity contribution < 1.29 is 14.3 Å². The highest BCUT2D eigenvalue weighted by Crippen LogP contribution is 2.31. The lowest BCUT2D eigenvalue weighted by Crippen LogP contribution is -2.34. The molecule has 2 aromatic carbocycles. The van der Waals surface area contributed by atoms with Crippen molar-refractivity contribution in [2.75, 3.05) is 0 Å². The van der Waals surface area contributed by atoms with Crippen LogP contribution in [0.2, 0.25) is 0 Å². The average Bonchev–Trinajstić information content (AvgIpc) is 3.11. The van der Waals surface area contributed by atoms with Gasteiger partial charge in [-0.3, -0.25) is 0 Å². The monoisotopic (exact) mass is 461 g/mol. The molecule has 0 radical (unpaired) electrons. The van der Waals surface area contributed by atoms with Gasteiger partial charge in [0.15, 0.2) is 0 Å². The number of aryl methyl sites for hydroxylation is 1. The Morgan fingerprint density at radius 1 is 1.06 bits per heavy atom. The van der Waals surface area contributed by atoms with E-state index in [9.17, 15) is 4.79 Å². The molecule has 4 nitrogen and oxygen atoms in total. The summed E-state index contributed by atoms with van der Waals surface area (Å²) in [5.41, 5.74) is 3.61. The molecule has 0 aliphatic carbocycles. The van der Waals surface area contributed by atoms with Crippen molar-refractivity contribution in [3.05, 3.63) is 66.7 Å². The first-order valence-electron chi connectivity index (χ1n) is 12.3. The van der Waals surface area contributed by atoms with Crippen LogP contribution in [0.25, 0.3) is 22.2 Å². The van der Waals surface area contributed by atoms with E-state index in [0.29, 0.717) is 17.9 Å². The van der Waals surface area contributed by atoms with Crippen molar-refractivity contribution in [3.8, 4) is 17.0 Å². The molecule has 0 saturated heterocycles. The first-order valence-corrected chi connectivity index (χ1v) is 12.3. The molecule has 34 heavy (non-hydrogen) atoms. The van der Waals surface area contributed by atoms with E-state index in [1.165, 1.54) is 28.6 Å². The van der Waals surface area contributed by atoms with Crippen molar-refractivity contribution in [1.29, 1.82) is 0 Å². The van der Waals surface area contributed by atoms with Crippen molar-refractivity contribution in [2.24, 2.45) is 5.92 Å². The van der Waals surface area contributed by atoms with Gasteiger partial charge in [0.1, 0.15) is 17.5 Å². The molecule has 1 atom stereocenters. The number of hydrogen-bond acceptors (Lipinski definition) is 3. The SMILES string of the molecule is C=C(C)C(=O)OC(C)CC(C)(C)Oc1ccc(-c2cc3ccccc3n2CCCC(C)C)cc1. The minimum absolute atomic E-state index is 0.264. The Kier molecular flexibility index (Phi) is 8.24. The molecule has 0 aliphatic heterocycles. The molecule has 1 aromatic heterocycles. The number of carbonyl (C=O) groups is 1. The summed E-state index contributed by atoms with van der Waals surface area (Å²) in [7, 11) is 0. The fourth-order valence-corrected chi connectivity index (χ4v) is 4.42. The van der Waals surface area contributed by atoms with Crippen molar-refractivity contribution in [3.63, 3.8) is 0 Å². The molecule has 1 unspecified atom stereocenters. The summed E-state index contributed by atoms with van der Waals surface area (Å²) in [6.07, 6.45) is 2.69. The van der Waals surface area contributed by atoms with Crippen LogP contribution >= 0.6 is 0 Å². The number of rotatable bonds is 11. The number of fused-ring (bicyclic) bond motifs is 1. The van der Waals surface area contributed by atoms with E-state index < -0.39 is 5.60 Å². The molecule has 0 fully saturated rings. The highest BCUT2D eigenvalue weighted by Gasteiger charge is 2.25. The second-order valence-corrected chi connectivity index (χ2v) is 10.4. The van der Waals surface area contributed by atoms with E-state index in [1.807, 2.05) is 32.9 Å². The third-order valence-corrected chi connectivity index (χ3v) is 5.95. The minimum atomic E-state index is -0.484. The summed E-state index contributed by atoms with van der Waals surface area (Å²) in [6, 6.07) is 19.2. The Morgan fingerprint density at radius 2 is 1.74 bits per heavy atom. The Balaban J connectivity index is 1.75. The molecule has 0 bridgehead atoms. The number of nitrogens with zero attached hydrogens (tertiary/aromatic N) is 1. The van der Waals surface area contributed by atoms with Crippen LogP contribution < -0.4 is 4.74 Å². The zero-order valence-electron chi connectivity index (χ0n) is 21.6. The maximum Gasteiger partial charge on any atom is 0.333 e. The van der Waals surface area contributed by atoms with Crippen molar-refractivity contribution in [2.45, 2.75) is 79.1 Å². The Hall–Kier alpha value is -3.01. The number of aromatic nitrogens is 1. The Bertz CT molecular complexity index is 1120. The van der Waals surface area contributed by atoms with E-state index in [2.05, 4.69) is 67.5 Å². The van der Waals surface area contributed by atoms with Crippen LogP contribution in [0.5, 0.6) is 5.75 Å². The number of ether oxygens (including phenoxy) is 2. The summed E-state index contributed by atoms with van der Waals surface area (Å²) < 4.78 is 14.1. The van der Waals surface area contributed by atoms with Gasteiger partial charge < -0.3 is 14.0 Å². The fourth-order valence-electron chi connectivity index (χ4n) is 4.42. The average molecular weight is 462 g/mol. The first-order chi connectivity index (χ1) is 16.1. The number of esters is 1. The second kappa shape index (κ2) is 10.9. The number of hydrogen-bond donors (Lipinski definition) is 0. The molecule has 0 spiro atoms. The molecule has 3 rings (SSSR count). The second-order valence-electron chi connectivity index (χ2n) is 10.4. The largest absolute Gasteiger partial charge is 0.488 e. The number of benzene rings is 2. The van der Waals surface area contributed by atoms with Gasteiger partial charge >= 0.3 is 5.97 Å². The normalized spacial score (nSPS) is 12.7. The smallest absolute Gasteiger partial charge is 0.333 e. The molecule has 0 saturated carbocycles. The molecule has 0 amide bonds. The summed E-state index contributed by atoms with van der Waals surface area (Å²) in [4.78, 5) is 11.8. The van der Waals surface area contributed by atoms with Crippen LogP contribution in [0, 0.1) is 5.92 Å². The van der Waals surface area contributed by atoms with Gasteiger partial charge in [0.25, 0.3) is 0 Å². The number of carbonyl (C=O) groups excluding carboxylic acids is 1. The first kappa shape index (κ1) is 25.6. The third-order valence-electron chi connectivity index (χ3n) is 5.95. The summed E-state index contributed by atoms with van der Waals surface area (Å²) in [5.74, 6) is 1.14. The van der Waals surface area contributed by atoms with Gasteiger partial charge in [0.05, 0.1) is 0 Å². The van der Waals surface area contributed by atoms with Gasteiger partial charge in [0.2, 0.25) is 0 Å². The summed E-state index contributed by atoms with van der Waals surface area (Å²) in [6.45, 7) is 16.8. The third kappa shape index (κ3) is 6.75. The van der Waals surface area contributed by atoms with E-state index in [4.69, 9.17) is 9.47 Å². The summed E-state index contributed by atoms with van der Waals surface area (Å²) >= 11 is 0. The molecular formula is C30H39NO3. The standard InChI is InChI=1S/C30H39NO3/c1-21(2)11-10-18-31-27-13-9-8-12-25(27)19-28(31)24-14-16-26(17-15-24)34-30(6,7)20-23(5)33-29(32)22(3)4/h8-9,12-17,19,21,23H,3,10-11,18,20H2,1-2,4-7H3. The molecule has 0 aliphatic rings. The van der Waals surface area contributed by atoms with Gasteiger partial charge in [-0.25, -0.2) is 4.79 Å². The maximum absolute atomic E-state index is 11.8. The predicted molar refractivity (Wildman–Crippen MR) is 141 cm³/mol. The van der Waals surface area contributed by atoms with Crippen LogP contribution in [0.15, 0.2) is 66.7 Å². The van der Waals surface area contributed by atoms with Crippen LogP contribution in [-0.4, -0.2) is 22.2 Å². The van der Waals surface area contributed by atoms with Gasteiger partial charge in [0, 0.05) is 35.1 Å². The van der Waals surface area contributed by atoms with Crippen LogP contribution in [-0.2, 0) is 16.1 Å². The lowest BCUT2D eigenvalue weighted by atomic mass is 10.0. The van der Waals surface area contributed by atoms with Crippen LogP contribution in [0.3, 0.4) is 0 Å². The zero-order valence-corrected chi connectivity index (χ0v) is 21.6. The molecule has 3 aromatic rings. The maximum atomic E-state index is 11.8. The van der Waals surface area contributed by atoms with E-state index in [1.54, 1.807) is 6.92 Å². The Morgan fingerprint density at radius 3 is 2.38 bits per heavy atom. The zero-order chi connectivity index (χ0) is 24.9. The highest BCUT2D eigenvalue weighted by atomic mass is 16.5. The van der Waals surface area contributed by atoms with Gasteiger partial charge in [-0.15, -0.1) is 0 Å². The van der Waals surface area contributed by atoms with E-state index >= 15 is 0 Å². The van der Waals surface area contributed by atoms with E-state index in [-0.39, 0.29) is 12.1 Å². The molecule has 0 N–H and O–H groups in total. The minimum Gasteiger partial charge on any atom is -0.488 e. The predicted octanol–water partition coefficient (Wildman–Crippen LogP) is 7.80. The van der Waals surface area contributed by atoms with Gasteiger partial charge in [-0.2, -0.15) is 0 Å². The molecule has 4 heteroatoms. The summed E-state index contributed by atoms with van der Waals surface area (Å²) in [5, 5.41) is 1.27. The lowest BCUT2D eigenvalue weighted by Gasteiger charge is -2.29. The lowest BCUT2D eigenvalue weighted by molar-refractivity contribution is -0.145. The van der Waals surface area contributed by atoms with Gasteiger partial charge in [-0.05, 0) is 88.4 Å². The molecular weight excluding hydrogens is 422 g/mol. The topological polar surface area (TPSA) is 40.5 Å². The van der Waals surface area contributed by atoms with Crippen LogP contribution in [0.4, 0.5) is 0 Å².